The highest BCUT2D eigenvalue weighted by atomic mass is 32.2. The van der Waals surface area contributed by atoms with Crippen molar-refractivity contribution < 1.29 is 17.9 Å². The molecule has 0 aliphatic carbocycles. The van der Waals surface area contributed by atoms with Gasteiger partial charge in [-0.1, -0.05) is 78.9 Å². The van der Waals surface area contributed by atoms with Crippen molar-refractivity contribution in [2.24, 2.45) is 0 Å². The largest absolute Gasteiger partial charge is 0.484 e. The van der Waals surface area contributed by atoms with Crippen molar-refractivity contribution in [3.63, 3.8) is 0 Å². The number of ether oxygens (including phenoxy) is 1. The molecule has 0 heterocycles. The van der Waals surface area contributed by atoms with E-state index in [-0.39, 0.29) is 23.5 Å². The molecule has 178 valence electrons. The summed E-state index contributed by atoms with van der Waals surface area (Å²) < 4.78 is 33.6. The molecule has 0 aliphatic rings. The number of sulfonamides is 1. The van der Waals surface area contributed by atoms with E-state index < -0.39 is 10.0 Å². The lowest BCUT2D eigenvalue weighted by Gasteiger charge is -2.20. The van der Waals surface area contributed by atoms with Crippen LogP contribution in [-0.2, 0) is 14.8 Å². The predicted octanol–water partition coefficient (Wildman–Crippen LogP) is 5.08. The van der Waals surface area contributed by atoms with Crippen molar-refractivity contribution in [1.29, 1.82) is 0 Å². The fourth-order valence-corrected chi connectivity index (χ4v) is 4.74. The molecule has 0 aromatic heterocycles. The first-order valence-corrected chi connectivity index (χ1v) is 12.6. The van der Waals surface area contributed by atoms with Crippen LogP contribution in [0.25, 0.3) is 0 Å². The smallest absolute Gasteiger partial charge is 0.261 e. The molecule has 0 spiro atoms. The lowest BCUT2D eigenvalue weighted by Crippen LogP contribution is -2.33. The molecule has 0 atom stereocenters. The van der Waals surface area contributed by atoms with E-state index in [9.17, 15) is 13.2 Å². The third kappa shape index (κ3) is 6.28. The minimum Gasteiger partial charge on any atom is -0.484 e. The highest BCUT2D eigenvalue weighted by Gasteiger charge is 2.18. The number of amides is 1. The van der Waals surface area contributed by atoms with E-state index in [1.54, 1.807) is 12.1 Å². The van der Waals surface area contributed by atoms with Gasteiger partial charge in [0.1, 0.15) is 5.75 Å². The quantitative estimate of drug-likeness (QED) is 0.346. The zero-order valence-corrected chi connectivity index (χ0v) is 20.0. The third-order valence-electron chi connectivity index (χ3n) is 5.46. The van der Waals surface area contributed by atoms with E-state index in [4.69, 9.17) is 4.74 Å². The molecule has 1 amide bonds. The van der Waals surface area contributed by atoms with E-state index in [1.807, 2.05) is 79.7 Å². The van der Waals surface area contributed by atoms with Gasteiger partial charge in [-0.2, -0.15) is 0 Å². The maximum atomic E-state index is 12.7. The Morgan fingerprint density at radius 1 is 0.771 bits per heavy atom. The topological polar surface area (TPSA) is 84.5 Å². The summed E-state index contributed by atoms with van der Waals surface area (Å²) in [5.74, 6) is 0.103. The number of hydrogen-bond acceptors (Lipinski definition) is 4. The molecule has 4 aromatic carbocycles. The van der Waals surface area contributed by atoms with Gasteiger partial charge >= 0.3 is 0 Å². The van der Waals surface area contributed by atoms with Gasteiger partial charge in [-0.25, -0.2) is 8.42 Å². The van der Waals surface area contributed by atoms with Crippen molar-refractivity contribution in [3.8, 4) is 5.75 Å². The average molecular weight is 487 g/mol. The van der Waals surface area contributed by atoms with Gasteiger partial charge in [0, 0.05) is 0 Å². The van der Waals surface area contributed by atoms with Crippen molar-refractivity contribution >= 4 is 21.6 Å². The highest BCUT2D eigenvalue weighted by Crippen LogP contribution is 2.23. The van der Waals surface area contributed by atoms with Crippen LogP contribution in [0, 0.1) is 6.92 Å². The molecular formula is C28H26N2O4S. The SMILES string of the molecule is Cc1ccccc1NS(=O)(=O)c1ccc(OCC(=O)NC(c2ccccc2)c2ccccc2)cc1. The van der Waals surface area contributed by atoms with E-state index in [0.29, 0.717) is 11.4 Å². The number of carbonyl (C=O) groups is 1. The Bertz CT molecular complexity index is 1330. The molecular weight excluding hydrogens is 460 g/mol. The first-order valence-electron chi connectivity index (χ1n) is 11.1. The number of hydrogen-bond donors (Lipinski definition) is 2. The Balaban J connectivity index is 1.39. The summed E-state index contributed by atoms with van der Waals surface area (Å²) in [5, 5.41) is 3.02. The minimum atomic E-state index is -3.75. The Labute approximate surface area is 205 Å². The fraction of sp³-hybridized carbons (Fsp3) is 0.107. The third-order valence-corrected chi connectivity index (χ3v) is 6.85. The summed E-state index contributed by atoms with van der Waals surface area (Å²) in [6.07, 6.45) is 0. The number of nitrogens with one attached hydrogen (secondary N) is 2. The van der Waals surface area contributed by atoms with Crippen LogP contribution in [0.3, 0.4) is 0 Å². The maximum Gasteiger partial charge on any atom is 0.261 e. The van der Waals surface area contributed by atoms with Gasteiger partial charge in [0.2, 0.25) is 0 Å². The molecule has 35 heavy (non-hydrogen) atoms. The first-order chi connectivity index (χ1) is 16.9. The number of benzene rings is 4. The molecule has 0 bridgehead atoms. The molecule has 2 N–H and O–H groups in total. The summed E-state index contributed by atoms with van der Waals surface area (Å²) in [6.45, 7) is 1.63. The zero-order chi connectivity index (χ0) is 24.7. The molecule has 4 rings (SSSR count). The van der Waals surface area contributed by atoms with Gasteiger partial charge in [0.05, 0.1) is 16.6 Å². The second kappa shape index (κ2) is 10.9. The predicted molar refractivity (Wildman–Crippen MR) is 137 cm³/mol. The molecule has 4 aromatic rings. The van der Waals surface area contributed by atoms with E-state index in [2.05, 4.69) is 10.0 Å². The molecule has 0 saturated carbocycles. The number of anilines is 1. The summed E-state index contributed by atoms with van der Waals surface area (Å²) in [7, 11) is -3.75. The second-order valence-electron chi connectivity index (χ2n) is 8.00. The number of aryl methyl sites for hydroxylation is 1. The van der Waals surface area contributed by atoms with Gasteiger partial charge in [-0.05, 0) is 53.9 Å². The standard InChI is InChI=1S/C28H26N2O4S/c1-21-10-8-9-15-26(21)30-35(32,33)25-18-16-24(17-19-25)34-20-27(31)29-28(22-11-4-2-5-12-22)23-13-6-3-7-14-23/h2-19,28,30H,20H2,1H3,(H,29,31). The summed E-state index contributed by atoms with van der Waals surface area (Å²) >= 11 is 0. The Hall–Kier alpha value is -4.10. The lowest BCUT2D eigenvalue weighted by atomic mass is 9.99. The summed E-state index contributed by atoms with van der Waals surface area (Å²) in [4.78, 5) is 12.8. The van der Waals surface area contributed by atoms with Crippen LogP contribution < -0.4 is 14.8 Å². The molecule has 0 aliphatic heterocycles. The average Bonchev–Trinajstić information content (AvgIpc) is 2.88. The van der Waals surface area contributed by atoms with Crippen molar-refractivity contribution in [1.82, 2.24) is 5.32 Å². The monoisotopic (exact) mass is 486 g/mol. The van der Waals surface area contributed by atoms with Gasteiger partial charge < -0.3 is 10.1 Å². The van der Waals surface area contributed by atoms with Crippen LogP contribution in [0.4, 0.5) is 5.69 Å². The van der Waals surface area contributed by atoms with Crippen LogP contribution in [-0.4, -0.2) is 20.9 Å². The molecule has 6 nitrogen and oxygen atoms in total. The highest BCUT2D eigenvalue weighted by molar-refractivity contribution is 7.92. The molecule has 0 fully saturated rings. The number of carbonyl (C=O) groups excluding carboxylic acids is 1. The molecule has 0 saturated heterocycles. The van der Waals surface area contributed by atoms with Crippen LogP contribution in [0.2, 0.25) is 0 Å². The van der Waals surface area contributed by atoms with E-state index in [0.717, 1.165) is 16.7 Å². The van der Waals surface area contributed by atoms with Gasteiger partial charge in [-0.3, -0.25) is 9.52 Å². The normalized spacial score (nSPS) is 11.1. The summed E-state index contributed by atoms with van der Waals surface area (Å²) in [5.41, 5.74) is 3.27. The molecule has 7 heteroatoms. The zero-order valence-electron chi connectivity index (χ0n) is 19.2. The lowest BCUT2D eigenvalue weighted by molar-refractivity contribution is -0.123. The van der Waals surface area contributed by atoms with Crippen molar-refractivity contribution in [2.75, 3.05) is 11.3 Å². The second-order valence-corrected chi connectivity index (χ2v) is 9.68. The molecule has 0 unspecified atom stereocenters. The van der Waals surface area contributed by atoms with Gasteiger partial charge in [0.15, 0.2) is 6.61 Å². The van der Waals surface area contributed by atoms with Crippen LogP contribution in [0.1, 0.15) is 22.7 Å². The number of rotatable bonds is 9. The van der Waals surface area contributed by atoms with E-state index in [1.165, 1.54) is 24.3 Å². The van der Waals surface area contributed by atoms with Crippen LogP contribution >= 0.6 is 0 Å². The Morgan fingerprint density at radius 2 is 1.31 bits per heavy atom. The molecule has 0 radical (unpaired) electrons. The Kier molecular flexibility index (Phi) is 7.48. The van der Waals surface area contributed by atoms with Gasteiger partial charge in [0.25, 0.3) is 15.9 Å². The van der Waals surface area contributed by atoms with Crippen LogP contribution in [0.5, 0.6) is 5.75 Å². The van der Waals surface area contributed by atoms with Gasteiger partial charge in [-0.15, -0.1) is 0 Å². The van der Waals surface area contributed by atoms with E-state index >= 15 is 0 Å². The Morgan fingerprint density at radius 3 is 1.89 bits per heavy atom. The van der Waals surface area contributed by atoms with Crippen molar-refractivity contribution in [2.45, 2.75) is 17.9 Å². The van der Waals surface area contributed by atoms with Crippen molar-refractivity contribution in [3.05, 3.63) is 126 Å². The summed E-state index contributed by atoms with van der Waals surface area (Å²) in [6, 6.07) is 32.2. The number of para-hydroxylation sites is 1. The first kappa shape index (κ1) is 24.0. The maximum absolute atomic E-state index is 12.7. The minimum absolute atomic E-state index is 0.103. The fourth-order valence-electron chi connectivity index (χ4n) is 3.61. The van der Waals surface area contributed by atoms with Crippen LogP contribution in [0.15, 0.2) is 114 Å².